The van der Waals surface area contributed by atoms with Gasteiger partial charge in [0.1, 0.15) is 0 Å². The molecule has 0 rings (SSSR count). The van der Waals surface area contributed by atoms with E-state index in [1.54, 1.807) is 7.11 Å². The quantitative estimate of drug-likeness (QED) is 0.372. The van der Waals surface area contributed by atoms with Gasteiger partial charge in [0.2, 0.25) is 0 Å². The second-order valence-electron chi connectivity index (χ2n) is 4.96. The highest BCUT2D eigenvalue weighted by atomic mass is 127. The number of hydrogen-bond donors (Lipinski definition) is 3. The summed E-state index contributed by atoms with van der Waals surface area (Å²) < 4.78 is 5.44. The maximum atomic E-state index is 8.77. The van der Waals surface area contributed by atoms with E-state index < -0.39 is 0 Å². The number of aliphatic imine (C=N–C) groups is 1. The molecule has 0 aliphatic rings. The number of ether oxygens (including phenoxy) is 1. The Bertz CT molecular complexity index is 230. The second kappa shape index (κ2) is 10.8. The Labute approximate surface area is 128 Å². The van der Waals surface area contributed by atoms with Crippen LogP contribution in [0.25, 0.3) is 0 Å². The predicted molar refractivity (Wildman–Crippen MR) is 86.7 cm³/mol. The second-order valence-corrected chi connectivity index (χ2v) is 4.96. The van der Waals surface area contributed by atoms with Gasteiger partial charge in [-0.2, -0.15) is 0 Å². The van der Waals surface area contributed by atoms with E-state index in [1.165, 1.54) is 0 Å². The Balaban J connectivity index is 0. The Morgan fingerprint density at radius 1 is 1.33 bits per heavy atom. The Hall–Kier alpha value is -0.0800. The van der Waals surface area contributed by atoms with Gasteiger partial charge in [0.05, 0.1) is 19.3 Å². The van der Waals surface area contributed by atoms with E-state index in [4.69, 9.17) is 9.84 Å². The number of nitrogens with zero attached hydrogens (tertiary/aromatic N) is 1. The highest BCUT2D eigenvalue weighted by Crippen LogP contribution is 2.21. The first-order chi connectivity index (χ1) is 7.95. The Morgan fingerprint density at radius 3 is 2.33 bits per heavy atom. The van der Waals surface area contributed by atoms with Crippen LogP contribution in [0.1, 0.15) is 27.7 Å². The normalized spacial score (nSPS) is 13.8. The lowest BCUT2D eigenvalue weighted by Crippen LogP contribution is -2.40. The molecule has 0 bridgehead atoms. The molecule has 0 saturated carbocycles. The average Bonchev–Trinajstić information content (AvgIpc) is 2.24. The topological polar surface area (TPSA) is 65.9 Å². The van der Waals surface area contributed by atoms with Gasteiger partial charge in [0, 0.05) is 20.2 Å². The van der Waals surface area contributed by atoms with E-state index in [9.17, 15) is 0 Å². The van der Waals surface area contributed by atoms with Crippen LogP contribution in [0.15, 0.2) is 4.99 Å². The van der Waals surface area contributed by atoms with Crippen molar-refractivity contribution >= 4 is 29.9 Å². The number of aliphatic hydroxyl groups excluding tert-OH is 1. The third kappa shape index (κ3) is 8.93. The molecule has 0 aliphatic heterocycles. The maximum absolute atomic E-state index is 8.77. The van der Waals surface area contributed by atoms with Crippen molar-refractivity contribution in [2.24, 2.45) is 10.4 Å². The largest absolute Gasteiger partial charge is 0.395 e. The SMILES string of the molecule is CCNC(=NCC(OC)C(C)(C)C)NCCO.I. The van der Waals surface area contributed by atoms with Crippen LogP contribution in [-0.2, 0) is 4.74 Å². The zero-order valence-electron chi connectivity index (χ0n) is 12.1. The van der Waals surface area contributed by atoms with Gasteiger partial charge in [0.25, 0.3) is 0 Å². The molecule has 0 heterocycles. The molecule has 0 radical (unpaired) electrons. The molecule has 1 unspecified atom stereocenters. The molecule has 5 nitrogen and oxygen atoms in total. The van der Waals surface area contributed by atoms with Gasteiger partial charge in [0.15, 0.2) is 5.96 Å². The van der Waals surface area contributed by atoms with Gasteiger partial charge >= 0.3 is 0 Å². The summed E-state index contributed by atoms with van der Waals surface area (Å²) in [5.41, 5.74) is 0.0621. The number of aliphatic hydroxyl groups is 1. The van der Waals surface area contributed by atoms with Crippen molar-refractivity contribution in [1.29, 1.82) is 0 Å². The first-order valence-electron chi connectivity index (χ1n) is 6.11. The summed E-state index contributed by atoms with van der Waals surface area (Å²) in [5.74, 6) is 0.716. The lowest BCUT2D eigenvalue weighted by molar-refractivity contribution is 0.0241. The number of methoxy groups -OCH3 is 1. The summed E-state index contributed by atoms with van der Waals surface area (Å²) in [6.45, 7) is 10.4. The highest BCUT2D eigenvalue weighted by Gasteiger charge is 2.23. The van der Waals surface area contributed by atoms with E-state index in [1.807, 2.05) is 6.92 Å². The molecule has 110 valence electrons. The van der Waals surface area contributed by atoms with E-state index in [0.29, 0.717) is 19.0 Å². The summed E-state index contributed by atoms with van der Waals surface area (Å²) >= 11 is 0. The van der Waals surface area contributed by atoms with Gasteiger partial charge in [-0.05, 0) is 12.3 Å². The molecule has 3 N–H and O–H groups in total. The van der Waals surface area contributed by atoms with Gasteiger partial charge < -0.3 is 20.5 Å². The van der Waals surface area contributed by atoms with Crippen LogP contribution >= 0.6 is 24.0 Å². The minimum absolute atomic E-state index is 0. The van der Waals surface area contributed by atoms with Crippen LogP contribution in [0.5, 0.6) is 0 Å². The summed E-state index contributed by atoms with van der Waals surface area (Å²) in [5, 5.41) is 14.9. The van der Waals surface area contributed by atoms with Crippen LogP contribution in [0.2, 0.25) is 0 Å². The fourth-order valence-corrected chi connectivity index (χ4v) is 1.39. The Morgan fingerprint density at radius 2 is 1.94 bits per heavy atom. The summed E-state index contributed by atoms with van der Waals surface area (Å²) in [6, 6.07) is 0. The molecule has 0 amide bonds. The van der Waals surface area contributed by atoms with Crippen LogP contribution in [0.3, 0.4) is 0 Å². The van der Waals surface area contributed by atoms with Crippen molar-refractivity contribution < 1.29 is 9.84 Å². The van der Waals surface area contributed by atoms with Crippen molar-refractivity contribution in [2.75, 3.05) is 33.4 Å². The van der Waals surface area contributed by atoms with Crippen molar-refractivity contribution in [3.8, 4) is 0 Å². The molecule has 0 fully saturated rings. The number of halogens is 1. The molecule has 0 aromatic rings. The molecule has 0 aromatic heterocycles. The number of nitrogens with one attached hydrogen (secondary N) is 2. The standard InChI is InChI=1S/C12H27N3O2.HI/c1-6-13-11(14-7-8-16)15-9-10(17-5)12(2,3)4;/h10,16H,6-9H2,1-5H3,(H2,13,14,15);1H. The van der Waals surface area contributed by atoms with Gasteiger partial charge in [-0.1, -0.05) is 20.8 Å². The fourth-order valence-electron chi connectivity index (χ4n) is 1.39. The molecule has 0 aromatic carbocycles. The van der Waals surface area contributed by atoms with Gasteiger partial charge in [-0.3, -0.25) is 4.99 Å². The molecule has 1 atom stereocenters. The fraction of sp³-hybridized carbons (Fsp3) is 0.917. The smallest absolute Gasteiger partial charge is 0.191 e. The van der Waals surface area contributed by atoms with Crippen LogP contribution in [-0.4, -0.2) is 50.5 Å². The molecule has 0 aliphatic carbocycles. The van der Waals surface area contributed by atoms with Crippen LogP contribution < -0.4 is 10.6 Å². The number of guanidine groups is 1. The number of hydrogen-bond acceptors (Lipinski definition) is 3. The molecular weight excluding hydrogens is 345 g/mol. The van der Waals surface area contributed by atoms with E-state index in [2.05, 4.69) is 36.4 Å². The highest BCUT2D eigenvalue weighted by molar-refractivity contribution is 14.0. The summed E-state index contributed by atoms with van der Waals surface area (Å²) in [7, 11) is 1.71. The summed E-state index contributed by atoms with van der Waals surface area (Å²) in [6.07, 6.45) is 0.0760. The predicted octanol–water partition coefficient (Wildman–Crippen LogP) is 1.21. The zero-order valence-corrected chi connectivity index (χ0v) is 14.4. The van der Waals surface area contributed by atoms with E-state index >= 15 is 0 Å². The molecule has 0 spiro atoms. The molecule has 6 heteroatoms. The molecular formula is C12H28IN3O2. The monoisotopic (exact) mass is 373 g/mol. The lowest BCUT2D eigenvalue weighted by Gasteiger charge is -2.28. The first-order valence-corrected chi connectivity index (χ1v) is 6.11. The molecule has 18 heavy (non-hydrogen) atoms. The van der Waals surface area contributed by atoms with Crippen molar-refractivity contribution in [2.45, 2.75) is 33.8 Å². The van der Waals surface area contributed by atoms with E-state index in [0.717, 1.165) is 6.54 Å². The number of rotatable bonds is 6. The third-order valence-corrected chi connectivity index (χ3v) is 2.41. The van der Waals surface area contributed by atoms with E-state index in [-0.39, 0.29) is 42.1 Å². The molecule has 0 saturated heterocycles. The maximum Gasteiger partial charge on any atom is 0.191 e. The van der Waals surface area contributed by atoms with Gasteiger partial charge in [-0.15, -0.1) is 24.0 Å². The van der Waals surface area contributed by atoms with Crippen molar-refractivity contribution in [3.63, 3.8) is 0 Å². The first kappa shape index (κ1) is 20.2. The Kier molecular flexibility index (Phi) is 12.2. The van der Waals surface area contributed by atoms with Crippen molar-refractivity contribution in [1.82, 2.24) is 10.6 Å². The zero-order chi connectivity index (χ0) is 13.3. The lowest BCUT2D eigenvalue weighted by atomic mass is 9.89. The van der Waals surface area contributed by atoms with Crippen LogP contribution in [0.4, 0.5) is 0 Å². The van der Waals surface area contributed by atoms with Crippen LogP contribution in [0, 0.1) is 5.41 Å². The minimum atomic E-state index is 0. The summed E-state index contributed by atoms with van der Waals surface area (Å²) in [4.78, 5) is 4.45. The minimum Gasteiger partial charge on any atom is -0.395 e. The average molecular weight is 373 g/mol. The van der Waals surface area contributed by atoms with Gasteiger partial charge in [-0.25, -0.2) is 0 Å². The third-order valence-electron chi connectivity index (χ3n) is 2.41. The van der Waals surface area contributed by atoms with Crippen molar-refractivity contribution in [3.05, 3.63) is 0 Å².